The minimum absolute atomic E-state index is 0.0803. The molecule has 1 amide bonds. The van der Waals surface area contributed by atoms with E-state index in [1.165, 1.54) is 0 Å². The van der Waals surface area contributed by atoms with E-state index in [1.54, 1.807) is 6.20 Å². The van der Waals surface area contributed by atoms with E-state index in [0.29, 0.717) is 11.4 Å². The summed E-state index contributed by atoms with van der Waals surface area (Å²) in [7, 11) is 0. The molecule has 136 valence electrons. The molecule has 26 heavy (non-hydrogen) atoms. The molecule has 0 aromatic carbocycles. The molecule has 1 saturated carbocycles. The molecule has 0 radical (unpaired) electrons. The van der Waals surface area contributed by atoms with Crippen LogP contribution in [0.3, 0.4) is 0 Å². The van der Waals surface area contributed by atoms with Crippen LogP contribution in [-0.4, -0.2) is 32.9 Å². The number of nitriles is 1. The first-order chi connectivity index (χ1) is 12.5. The van der Waals surface area contributed by atoms with E-state index in [9.17, 15) is 10.1 Å². The van der Waals surface area contributed by atoms with Gasteiger partial charge in [-0.25, -0.2) is 4.98 Å². The Morgan fingerprint density at radius 1 is 1.54 bits per heavy atom. The maximum atomic E-state index is 13.1. The van der Waals surface area contributed by atoms with Gasteiger partial charge in [0, 0.05) is 36.3 Å². The van der Waals surface area contributed by atoms with Crippen molar-refractivity contribution in [1.82, 2.24) is 14.9 Å². The number of H-pyrrole nitrogens is 1. The van der Waals surface area contributed by atoms with Gasteiger partial charge in [0.2, 0.25) is 5.91 Å². The highest BCUT2D eigenvalue weighted by Crippen LogP contribution is 2.53. The molecule has 4 heterocycles. The summed E-state index contributed by atoms with van der Waals surface area (Å²) in [5.74, 6) is 0.279. The molecule has 1 N–H and O–H groups in total. The number of fused-ring (bicyclic) bond motifs is 3. The van der Waals surface area contributed by atoms with Gasteiger partial charge in [-0.15, -0.1) is 0 Å². The third-order valence-corrected chi connectivity index (χ3v) is 6.41. The Hall–Kier alpha value is -2.06. The number of rotatable bonds is 4. The SMILES string of the molecule is CCC1CC2(C#N)CC(C2)N1C(=O)CC(C)c1c[nH]c2ncc(Cl)cc12. The summed E-state index contributed by atoms with van der Waals surface area (Å²) in [6.07, 6.45) is 7.43. The fraction of sp³-hybridized carbons (Fsp3) is 0.550. The molecule has 6 heteroatoms. The van der Waals surface area contributed by atoms with E-state index in [2.05, 4.69) is 34.8 Å². The predicted octanol–water partition coefficient (Wildman–Crippen LogP) is 4.39. The summed E-state index contributed by atoms with van der Waals surface area (Å²) in [5, 5.41) is 11.0. The molecule has 2 bridgehead atoms. The van der Waals surface area contributed by atoms with Crippen LogP contribution in [0, 0.1) is 16.7 Å². The number of hydrogen-bond donors (Lipinski definition) is 1. The van der Waals surface area contributed by atoms with Gasteiger partial charge in [-0.05, 0) is 43.2 Å². The fourth-order valence-corrected chi connectivity index (χ4v) is 4.98. The van der Waals surface area contributed by atoms with Crippen LogP contribution < -0.4 is 0 Å². The van der Waals surface area contributed by atoms with Gasteiger partial charge < -0.3 is 9.88 Å². The lowest BCUT2D eigenvalue weighted by Gasteiger charge is -2.58. The van der Waals surface area contributed by atoms with Crippen molar-refractivity contribution < 1.29 is 4.79 Å². The van der Waals surface area contributed by atoms with Crippen molar-refractivity contribution in [2.24, 2.45) is 5.41 Å². The van der Waals surface area contributed by atoms with Crippen LogP contribution in [0.1, 0.15) is 57.4 Å². The van der Waals surface area contributed by atoms with Crippen molar-refractivity contribution in [2.45, 2.75) is 64.0 Å². The van der Waals surface area contributed by atoms with Gasteiger partial charge in [0.15, 0.2) is 0 Å². The van der Waals surface area contributed by atoms with Gasteiger partial charge in [-0.3, -0.25) is 4.79 Å². The number of aromatic amines is 1. The van der Waals surface area contributed by atoms with Gasteiger partial charge in [0.1, 0.15) is 5.65 Å². The zero-order valence-corrected chi connectivity index (χ0v) is 15.9. The van der Waals surface area contributed by atoms with Crippen LogP contribution in [0.5, 0.6) is 0 Å². The Labute approximate surface area is 158 Å². The molecule has 2 aliphatic heterocycles. The molecule has 3 fully saturated rings. The Bertz CT molecular complexity index is 893. The standard InChI is InChI=1S/C20H23ClN4O/c1-3-14-6-20(11-22)7-15(8-20)25(14)18(26)4-12(2)17-10-24-19-16(17)5-13(21)9-23-19/h5,9-10,12,14-15H,3-4,6-8H2,1-2H3,(H,23,24). The van der Waals surface area contributed by atoms with Crippen molar-refractivity contribution in [3.8, 4) is 6.07 Å². The molecule has 5 nitrogen and oxygen atoms in total. The summed E-state index contributed by atoms with van der Waals surface area (Å²) in [6, 6.07) is 4.84. The second-order valence-corrected chi connectivity index (χ2v) is 8.36. The third kappa shape index (κ3) is 2.68. The number of piperidine rings is 2. The van der Waals surface area contributed by atoms with Crippen LogP contribution in [0.2, 0.25) is 5.02 Å². The number of pyridine rings is 1. The lowest BCUT2D eigenvalue weighted by Crippen LogP contribution is -2.63. The highest BCUT2D eigenvalue weighted by atomic mass is 35.5. The van der Waals surface area contributed by atoms with E-state index in [4.69, 9.17) is 11.6 Å². The predicted molar refractivity (Wildman–Crippen MR) is 101 cm³/mol. The Balaban J connectivity index is 1.52. The maximum absolute atomic E-state index is 13.1. The van der Waals surface area contributed by atoms with Gasteiger partial charge in [-0.2, -0.15) is 5.26 Å². The first kappa shape index (κ1) is 17.4. The smallest absolute Gasteiger partial charge is 0.223 e. The molecule has 2 saturated heterocycles. The number of amides is 1. The highest BCUT2D eigenvalue weighted by molar-refractivity contribution is 6.31. The molecule has 3 aliphatic rings. The molecule has 5 rings (SSSR count). The lowest BCUT2D eigenvalue weighted by atomic mass is 9.58. The summed E-state index contributed by atoms with van der Waals surface area (Å²) >= 11 is 6.09. The van der Waals surface area contributed by atoms with Gasteiger partial charge in [-0.1, -0.05) is 25.4 Å². The van der Waals surface area contributed by atoms with E-state index < -0.39 is 0 Å². The van der Waals surface area contributed by atoms with E-state index in [0.717, 1.165) is 42.3 Å². The second-order valence-electron chi connectivity index (χ2n) is 7.92. The van der Waals surface area contributed by atoms with Crippen LogP contribution in [0.15, 0.2) is 18.5 Å². The molecule has 2 aromatic rings. The molecular formula is C20H23ClN4O. The summed E-state index contributed by atoms with van der Waals surface area (Å²) in [6.45, 7) is 4.18. The topological polar surface area (TPSA) is 72.8 Å². The fourth-order valence-electron chi connectivity index (χ4n) is 4.82. The zero-order chi connectivity index (χ0) is 18.5. The van der Waals surface area contributed by atoms with Crippen molar-refractivity contribution >= 4 is 28.5 Å². The van der Waals surface area contributed by atoms with E-state index in [-0.39, 0.29) is 29.3 Å². The van der Waals surface area contributed by atoms with Crippen molar-refractivity contribution in [3.05, 3.63) is 29.0 Å². The van der Waals surface area contributed by atoms with E-state index in [1.807, 2.05) is 12.3 Å². The van der Waals surface area contributed by atoms with Crippen molar-refractivity contribution in [3.63, 3.8) is 0 Å². The quantitative estimate of drug-likeness (QED) is 0.867. The van der Waals surface area contributed by atoms with Crippen LogP contribution in [0.25, 0.3) is 11.0 Å². The van der Waals surface area contributed by atoms with Crippen LogP contribution >= 0.6 is 11.6 Å². The highest BCUT2D eigenvalue weighted by Gasteiger charge is 2.55. The van der Waals surface area contributed by atoms with E-state index >= 15 is 0 Å². The minimum atomic E-state index is -0.174. The second kappa shape index (κ2) is 6.28. The van der Waals surface area contributed by atoms with Crippen LogP contribution in [-0.2, 0) is 4.79 Å². The Morgan fingerprint density at radius 3 is 3.00 bits per heavy atom. The van der Waals surface area contributed by atoms with Gasteiger partial charge >= 0.3 is 0 Å². The first-order valence-electron chi connectivity index (χ1n) is 9.31. The monoisotopic (exact) mass is 370 g/mol. The molecular weight excluding hydrogens is 348 g/mol. The number of aromatic nitrogens is 2. The molecule has 2 aromatic heterocycles. The molecule has 1 aliphatic carbocycles. The summed E-state index contributed by atoms with van der Waals surface area (Å²) < 4.78 is 0. The van der Waals surface area contributed by atoms with Crippen LogP contribution in [0.4, 0.5) is 0 Å². The average Bonchev–Trinajstić information content (AvgIpc) is 3.03. The number of hydrogen-bond acceptors (Lipinski definition) is 3. The zero-order valence-electron chi connectivity index (χ0n) is 15.1. The first-order valence-corrected chi connectivity index (χ1v) is 9.69. The Kier molecular flexibility index (Phi) is 4.19. The molecule has 2 unspecified atom stereocenters. The van der Waals surface area contributed by atoms with Crippen molar-refractivity contribution in [2.75, 3.05) is 0 Å². The number of nitrogens with zero attached hydrogens (tertiary/aromatic N) is 3. The maximum Gasteiger partial charge on any atom is 0.223 e. The number of carbonyl (C=O) groups excluding carboxylic acids is 1. The average molecular weight is 371 g/mol. The van der Waals surface area contributed by atoms with Gasteiger partial charge in [0.05, 0.1) is 16.5 Å². The molecule has 0 spiro atoms. The Morgan fingerprint density at radius 2 is 2.31 bits per heavy atom. The van der Waals surface area contributed by atoms with Crippen molar-refractivity contribution in [1.29, 1.82) is 5.26 Å². The van der Waals surface area contributed by atoms with Gasteiger partial charge in [0.25, 0.3) is 0 Å². The number of halogens is 1. The third-order valence-electron chi connectivity index (χ3n) is 6.20. The minimum Gasteiger partial charge on any atom is -0.346 e. The molecule has 2 atom stereocenters. The largest absolute Gasteiger partial charge is 0.346 e. The number of nitrogens with one attached hydrogen (secondary N) is 1. The lowest BCUT2D eigenvalue weighted by molar-refractivity contribution is -0.152. The summed E-state index contributed by atoms with van der Waals surface area (Å²) in [5.41, 5.74) is 1.70. The number of carbonyl (C=O) groups is 1. The summed E-state index contributed by atoms with van der Waals surface area (Å²) in [4.78, 5) is 22.6. The normalized spacial score (nSPS) is 28.5.